The van der Waals surface area contributed by atoms with Crippen molar-refractivity contribution in [3.8, 4) is 0 Å². The highest BCUT2D eigenvalue weighted by molar-refractivity contribution is 6.38. The van der Waals surface area contributed by atoms with Crippen LogP contribution in [0.2, 0.25) is 0 Å². The molecule has 9 nitrogen and oxygen atoms in total. The van der Waals surface area contributed by atoms with Gasteiger partial charge < -0.3 is 21.7 Å². The first kappa shape index (κ1) is 28.8. The van der Waals surface area contributed by atoms with Crippen molar-refractivity contribution in [1.82, 2.24) is 16.0 Å². The Labute approximate surface area is 227 Å². The fraction of sp³-hybridized carbons (Fsp3) is 0.233. The Morgan fingerprint density at radius 3 is 1.77 bits per heavy atom. The van der Waals surface area contributed by atoms with Crippen LogP contribution in [0.1, 0.15) is 29.5 Å². The molecular weight excluding hydrogens is 496 g/mol. The number of amides is 4. The standard InChI is InChI=1S/C30H32N4O5/c31-26(35)19-27(36)33-24(17-16-21-10-4-1-5-11-21)29(38)34-25(18-22-12-6-2-7-13-22)28(37)30(39)32-20-23-14-8-3-9-15-23/h1-15,24-25H,16-20H2,(H2,31,35)(H,32,39)(H,33,36)(H,34,38)/t24-,25-/m0/s1. The summed E-state index contributed by atoms with van der Waals surface area (Å²) in [6.45, 7) is 0.153. The van der Waals surface area contributed by atoms with Crippen molar-refractivity contribution in [2.24, 2.45) is 5.73 Å². The number of rotatable bonds is 14. The number of hydrogen-bond acceptors (Lipinski definition) is 5. The Morgan fingerprint density at radius 2 is 1.21 bits per heavy atom. The molecule has 9 heteroatoms. The third-order valence-electron chi connectivity index (χ3n) is 5.99. The molecule has 0 fully saturated rings. The molecule has 0 aliphatic rings. The SMILES string of the molecule is NC(=O)CC(=O)N[C@@H](CCc1ccccc1)C(=O)N[C@@H](Cc1ccccc1)C(=O)C(=O)NCc1ccccc1. The third kappa shape index (κ3) is 9.88. The van der Waals surface area contributed by atoms with Gasteiger partial charge in [0.1, 0.15) is 18.5 Å². The fourth-order valence-electron chi connectivity index (χ4n) is 3.98. The number of Topliss-reactive ketones (excluding diaryl/α,β-unsaturated/α-hetero) is 1. The van der Waals surface area contributed by atoms with Gasteiger partial charge in [-0.1, -0.05) is 91.0 Å². The number of carbonyl (C=O) groups excluding carboxylic acids is 5. The zero-order chi connectivity index (χ0) is 28.0. The normalized spacial score (nSPS) is 12.0. The summed E-state index contributed by atoms with van der Waals surface area (Å²) in [5.74, 6) is -3.83. The van der Waals surface area contributed by atoms with Crippen molar-refractivity contribution < 1.29 is 24.0 Å². The van der Waals surface area contributed by atoms with Crippen LogP contribution >= 0.6 is 0 Å². The van der Waals surface area contributed by atoms with Gasteiger partial charge in [-0.2, -0.15) is 0 Å². The summed E-state index contributed by atoms with van der Waals surface area (Å²) in [4.78, 5) is 62.9. The van der Waals surface area contributed by atoms with Gasteiger partial charge in [-0.05, 0) is 29.5 Å². The van der Waals surface area contributed by atoms with Crippen molar-refractivity contribution >= 4 is 29.4 Å². The number of nitrogens with one attached hydrogen (secondary N) is 3. The van der Waals surface area contributed by atoms with E-state index in [1.54, 1.807) is 24.3 Å². The van der Waals surface area contributed by atoms with Gasteiger partial charge in [0.05, 0.1) is 0 Å². The molecule has 0 heterocycles. The molecule has 3 aromatic rings. The number of carbonyl (C=O) groups is 5. The Kier molecular flexibility index (Phi) is 10.9. The second-order valence-corrected chi connectivity index (χ2v) is 9.07. The van der Waals surface area contributed by atoms with Gasteiger partial charge in [-0.25, -0.2) is 0 Å². The van der Waals surface area contributed by atoms with Crippen molar-refractivity contribution in [3.05, 3.63) is 108 Å². The lowest BCUT2D eigenvalue weighted by molar-refractivity contribution is -0.140. The number of primary amides is 1. The van der Waals surface area contributed by atoms with Gasteiger partial charge >= 0.3 is 0 Å². The summed E-state index contributed by atoms with van der Waals surface area (Å²) in [7, 11) is 0. The molecule has 0 unspecified atom stereocenters. The second kappa shape index (κ2) is 14.8. The van der Waals surface area contributed by atoms with Crippen LogP contribution in [0.15, 0.2) is 91.0 Å². The van der Waals surface area contributed by atoms with Crippen LogP contribution in [0.5, 0.6) is 0 Å². The van der Waals surface area contributed by atoms with Crippen LogP contribution < -0.4 is 21.7 Å². The zero-order valence-electron chi connectivity index (χ0n) is 21.5. The minimum absolute atomic E-state index is 0.0742. The van der Waals surface area contributed by atoms with E-state index in [0.29, 0.717) is 6.42 Å². The Bertz CT molecular complexity index is 1270. The van der Waals surface area contributed by atoms with E-state index in [1.807, 2.05) is 66.7 Å². The molecule has 0 aliphatic heterocycles. The van der Waals surface area contributed by atoms with E-state index in [9.17, 15) is 24.0 Å². The number of aryl methyl sites for hydroxylation is 1. The van der Waals surface area contributed by atoms with E-state index >= 15 is 0 Å². The molecule has 0 aliphatic carbocycles. The van der Waals surface area contributed by atoms with E-state index in [-0.39, 0.29) is 19.4 Å². The van der Waals surface area contributed by atoms with Gasteiger partial charge in [0.2, 0.25) is 23.5 Å². The Hall–Kier alpha value is -4.79. The molecule has 39 heavy (non-hydrogen) atoms. The maximum atomic E-state index is 13.4. The smallest absolute Gasteiger partial charge is 0.289 e. The molecule has 3 aromatic carbocycles. The largest absolute Gasteiger partial charge is 0.369 e. The molecule has 0 bridgehead atoms. The molecule has 2 atom stereocenters. The molecule has 5 N–H and O–H groups in total. The molecule has 202 valence electrons. The second-order valence-electron chi connectivity index (χ2n) is 9.07. The molecule has 3 rings (SSSR count). The minimum Gasteiger partial charge on any atom is -0.369 e. The van der Waals surface area contributed by atoms with E-state index < -0.39 is 47.9 Å². The van der Waals surface area contributed by atoms with E-state index in [4.69, 9.17) is 5.73 Å². The van der Waals surface area contributed by atoms with Crippen LogP contribution in [0.4, 0.5) is 0 Å². The molecule has 0 spiro atoms. The quantitative estimate of drug-likeness (QED) is 0.185. The highest BCUT2D eigenvalue weighted by atomic mass is 16.2. The topological polar surface area (TPSA) is 147 Å². The molecule has 4 amide bonds. The zero-order valence-corrected chi connectivity index (χ0v) is 21.5. The van der Waals surface area contributed by atoms with Crippen molar-refractivity contribution in [2.75, 3.05) is 0 Å². The summed E-state index contributed by atoms with van der Waals surface area (Å²) >= 11 is 0. The fourth-order valence-corrected chi connectivity index (χ4v) is 3.98. The lowest BCUT2D eigenvalue weighted by Crippen LogP contribution is -2.54. The average molecular weight is 529 g/mol. The van der Waals surface area contributed by atoms with Crippen molar-refractivity contribution in [2.45, 2.75) is 44.3 Å². The monoisotopic (exact) mass is 528 g/mol. The van der Waals surface area contributed by atoms with Gasteiger partial charge in [-0.15, -0.1) is 0 Å². The van der Waals surface area contributed by atoms with Crippen LogP contribution in [-0.2, 0) is 43.4 Å². The van der Waals surface area contributed by atoms with Gasteiger partial charge in [0.15, 0.2) is 0 Å². The molecular formula is C30H32N4O5. The first-order valence-electron chi connectivity index (χ1n) is 12.6. The number of benzene rings is 3. The molecule has 0 saturated carbocycles. The van der Waals surface area contributed by atoms with Crippen LogP contribution in [-0.4, -0.2) is 41.5 Å². The highest BCUT2D eigenvalue weighted by Gasteiger charge is 2.30. The Morgan fingerprint density at radius 1 is 0.667 bits per heavy atom. The number of ketones is 1. The van der Waals surface area contributed by atoms with Crippen LogP contribution in [0.25, 0.3) is 0 Å². The predicted octanol–water partition coefficient (Wildman–Crippen LogP) is 1.59. The minimum atomic E-state index is -1.18. The lowest BCUT2D eigenvalue weighted by Gasteiger charge is -2.23. The van der Waals surface area contributed by atoms with Crippen molar-refractivity contribution in [3.63, 3.8) is 0 Å². The van der Waals surface area contributed by atoms with E-state index in [1.165, 1.54) is 0 Å². The Balaban J connectivity index is 1.75. The molecule has 0 saturated heterocycles. The van der Waals surface area contributed by atoms with E-state index in [2.05, 4.69) is 16.0 Å². The summed E-state index contributed by atoms with van der Waals surface area (Å²) in [5.41, 5.74) is 7.63. The van der Waals surface area contributed by atoms with Crippen molar-refractivity contribution in [1.29, 1.82) is 0 Å². The number of hydrogen-bond donors (Lipinski definition) is 4. The highest BCUT2D eigenvalue weighted by Crippen LogP contribution is 2.09. The first-order valence-corrected chi connectivity index (χ1v) is 12.6. The summed E-state index contributed by atoms with van der Waals surface area (Å²) < 4.78 is 0. The first-order chi connectivity index (χ1) is 18.8. The average Bonchev–Trinajstić information content (AvgIpc) is 2.94. The predicted molar refractivity (Wildman–Crippen MR) is 146 cm³/mol. The van der Waals surface area contributed by atoms with Gasteiger partial charge in [0, 0.05) is 13.0 Å². The maximum Gasteiger partial charge on any atom is 0.289 e. The number of nitrogens with two attached hydrogens (primary N) is 1. The van der Waals surface area contributed by atoms with E-state index in [0.717, 1.165) is 16.7 Å². The van der Waals surface area contributed by atoms with Gasteiger partial charge in [0.25, 0.3) is 5.91 Å². The molecule has 0 radical (unpaired) electrons. The maximum absolute atomic E-state index is 13.4. The van der Waals surface area contributed by atoms with Crippen LogP contribution in [0.3, 0.4) is 0 Å². The van der Waals surface area contributed by atoms with Gasteiger partial charge in [-0.3, -0.25) is 24.0 Å². The summed E-state index contributed by atoms with van der Waals surface area (Å²) in [6, 6.07) is 25.2. The third-order valence-corrected chi connectivity index (χ3v) is 5.99. The lowest BCUT2D eigenvalue weighted by atomic mass is 10.00. The molecule has 0 aromatic heterocycles. The summed E-state index contributed by atoms with van der Waals surface area (Å²) in [5, 5.41) is 7.80. The van der Waals surface area contributed by atoms with Crippen LogP contribution in [0, 0.1) is 0 Å². The summed E-state index contributed by atoms with van der Waals surface area (Å²) in [6.07, 6.45) is 0.144.